The molecular weight excluding hydrogens is 236 g/mol. The zero-order valence-corrected chi connectivity index (χ0v) is 13.0. The van der Waals surface area contributed by atoms with Crippen LogP contribution in [0.5, 0.6) is 0 Å². The van der Waals surface area contributed by atoms with Crippen LogP contribution in [-0.4, -0.2) is 49.3 Å². The van der Waals surface area contributed by atoms with Gasteiger partial charge in [-0.3, -0.25) is 4.90 Å². The second-order valence-corrected chi connectivity index (χ2v) is 6.65. The van der Waals surface area contributed by atoms with Gasteiger partial charge in [0.1, 0.15) is 0 Å². The number of hydrogen-bond donors (Lipinski definition) is 1. The molecule has 0 spiro atoms. The molecule has 0 radical (unpaired) electrons. The quantitative estimate of drug-likeness (QED) is 0.829. The fourth-order valence-corrected chi connectivity index (χ4v) is 3.47. The van der Waals surface area contributed by atoms with E-state index in [2.05, 4.69) is 31.0 Å². The first kappa shape index (κ1) is 15.3. The van der Waals surface area contributed by atoms with Crippen LogP contribution in [0.1, 0.15) is 52.9 Å². The van der Waals surface area contributed by atoms with Crippen molar-refractivity contribution in [1.29, 1.82) is 0 Å². The Morgan fingerprint density at radius 3 is 2.89 bits per heavy atom. The lowest BCUT2D eigenvalue weighted by atomic mass is 9.93. The van der Waals surface area contributed by atoms with E-state index in [9.17, 15) is 0 Å². The second kappa shape index (κ2) is 7.61. The summed E-state index contributed by atoms with van der Waals surface area (Å²) < 4.78 is 5.81. The Hall–Kier alpha value is -0.120. The Morgan fingerprint density at radius 1 is 1.32 bits per heavy atom. The van der Waals surface area contributed by atoms with Crippen LogP contribution in [-0.2, 0) is 4.74 Å². The van der Waals surface area contributed by atoms with E-state index >= 15 is 0 Å². The van der Waals surface area contributed by atoms with Gasteiger partial charge < -0.3 is 10.1 Å². The monoisotopic (exact) mass is 268 g/mol. The van der Waals surface area contributed by atoms with Gasteiger partial charge in [0.2, 0.25) is 0 Å². The fourth-order valence-electron chi connectivity index (χ4n) is 3.47. The first-order valence-corrected chi connectivity index (χ1v) is 8.28. The van der Waals surface area contributed by atoms with Gasteiger partial charge in [-0.1, -0.05) is 20.8 Å². The van der Waals surface area contributed by atoms with E-state index in [0.717, 1.165) is 18.6 Å². The fraction of sp³-hybridized carbons (Fsp3) is 1.00. The molecule has 2 aliphatic heterocycles. The molecule has 0 saturated carbocycles. The average Bonchev–Trinajstić information content (AvgIpc) is 2.45. The maximum absolute atomic E-state index is 5.81. The standard InChI is InChI=1S/C16H32N2O/c1-4-16-10-15(7-9-19-16)18-8-5-6-14(12-18)11-17-13(2)3/h13-17H,4-12H2,1-3H3. The minimum Gasteiger partial charge on any atom is -0.378 e. The third-order valence-electron chi connectivity index (χ3n) is 4.68. The summed E-state index contributed by atoms with van der Waals surface area (Å²) in [6.07, 6.45) is 6.94. The topological polar surface area (TPSA) is 24.5 Å². The van der Waals surface area contributed by atoms with Crippen molar-refractivity contribution < 1.29 is 4.74 Å². The van der Waals surface area contributed by atoms with Gasteiger partial charge in [0.25, 0.3) is 0 Å². The van der Waals surface area contributed by atoms with Gasteiger partial charge >= 0.3 is 0 Å². The van der Waals surface area contributed by atoms with Crippen molar-refractivity contribution in [3.63, 3.8) is 0 Å². The summed E-state index contributed by atoms with van der Waals surface area (Å²) in [7, 11) is 0. The van der Waals surface area contributed by atoms with Crippen LogP contribution in [0.4, 0.5) is 0 Å². The largest absolute Gasteiger partial charge is 0.378 e. The van der Waals surface area contributed by atoms with E-state index in [4.69, 9.17) is 4.74 Å². The van der Waals surface area contributed by atoms with Crippen LogP contribution in [0.25, 0.3) is 0 Å². The van der Waals surface area contributed by atoms with Gasteiger partial charge in [0.05, 0.1) is 6.10 Å². The van der Waals surface area contributed by atoms with Crippen molar-refractivity contribution in [1.82, 2.24) is 10.2 Å². The number of hydrogen-bond acceptors (Lipinski definition) is 3. The molecule has 3 heteroatoms. The van der Waals surface area contributed by atoms with Gasteiger partial charge in [-0.25, -0.2) is 0 Å². The number of ether oxygens (including phenoxy) is 1. The Bertz CT molecular complexity index is 257. The molecule has 3 atom stereocenters. The SMILES string of the molecule is CCC1CC(N2CCCC(CNC(C)C)C2)CCO1. The molecule has 2 rings (SSSR count). The lowest BCUT2D eigenvalue weighted by molar-refractivity contribution is -0.0364. The van der Waals surface area contributed by atoms with Gasteiger partial charge in [-0.2, -0.15) is 0 Å². The van der Waals surface area contributed by atoms with Gasteiger partial charge in [-0.15, -0.1) is 0 Å². The zero-order chi connectivity index (χ0) is 13.7. The van der Waals surface area contributed by atoms with Crippen molar-refractivity contribution >= 4 is 0 Å². The second-order valence-electron chi connectivity index (χ2n) is 6.65. The van der Waals surface area contributed by atoms with E-state index in [1.807, 2.05) is 0 Å². The molecule has 0 amide bonds. The minimum atomic E-state index is 0.507. The summed E-state index contributed by atoms with van der Waals surface area (Å²) in [5.41, 5.74) is 0. The zero-order valence-electron chi connectivity index (χ0n) is 13.0. The van der Waals surface area contributed by atoms with Crippen LogP contribution in [0.15, 0.2) is 0 Å². The highest BCUT2D eigenvalue weighted by molar-refractivity contribution is 4.84. The van der Waals surface area contributed by atoms with Crippen LogP contribution in [0, 0.1) is 5.92 Å². The maximum Gasteiger partial charge on any atom is 0.0587 e. The van der Waals surface area contributed by atoms with E-state index in [1.165, 1.54) is 51.7 Å². The maximum atomic E-state index is 5.81. The molecule has 2 fully saturated rings. The first-order valence-electron chi connectivity index (χ1n) is 8.28. The van der Waals surface area contributed by atoms with Crippen LogP contribution in [0.2, 0.25) is 0 Å². The van der Waals surface area contributed by atoms with Crippen molar-refractivity contribution in [2.75, 3.05) is 26.2 Å². The van der Waals surface area contributed by atoms with E-state index in [0.29, 0.717) is 12.1 Å². The van der Waals surface area contributed by atoms with Gasteiger partial charge in [0.15, 0.2) is 0 Å². The molecule has 2 heterocycles. The predicted molar refractivity (Wildman–Crippen MR) is 80.5 cm³/mol. The number of rotatable bonds is 5. The minimum absolute atomic E-state index is 0.507. The third kappa shape index (κ3) is 4.73. The summed E-state index contributed by atoms with van der Waals surface area (Å²) in [6.45, 7) is 11.5. The summed E-state index contributed by atoms with van der Waals surface area (Å²) in [5, 5.41) is 3.61. The molecule has 112 valence electrons. The number of nitrogens with one attached hydrogen (secondary N) is 1. The Labute approximate surface area is 119 Å². The lowest BCUT2D eigenvalue weighted by Crippen LogP contribution is -2.48. The van der Waals surface area contributed by atoms with E-state index in [-0.39, 0.29) is 0 Å². The molecule has 19 heavy (non-hydrogen) atoms. The molecule has 0 aromatic carbocycles. The van der Waals surface area contributed by atoms with Gasteiger partial charge in [0, 0.05) is 25.2 Å². The molecule has 1 N–H and O–H groups in total. The van der Waals surface area contributed by atoms with Crippen LogP contribution >= 0.6 is 0 Å². The van der Waals surface area contributed by atoms with Crippen LogP contribution in [0.3, 0.4) is 0 Å². The molecule has 0 aliphatic carbocycles. The Kier molecular flexibility index (Phi) is 6.11. The van der Waals surface area contributed by atoms with Crippen molar-refractivity contribution in [3.05, 3.63) is 0 Å². The molecule has 0 bridgehead atoms. The lowest BCUT2D eigenvalue weighted by Gasteiger charge is -2.42. The van der Waals surface area contributed by atoms with E-state index < -0.39 is 0 Å². The predicted octanol–water partition coefficient (Wildman–Crippen LogP) is 2.65. The summed E-state index contributed by atoms with van der Waals surface area (Å²) >= 11 is 0. The first-order chi connectivity index (χ1) is 9.19. The van der Waals surface area contributed by atoms with Crippen molar-refractivity contribution in [3.8, 4) is 0 Å². The number of nitrogens with zero attached hydrogens (tertiary/aromatic N) is 1. The third-order valence-corrected chi connectivity index (χ3v) is 4.68. The summed E-state index contributed by atoms with van der Waals surface area (Å²) in [5.74, 6) is 0.846. The molecule has 3 unspecified atom stereocenters. The summed E-state index contributed by atoms with van der Waals surface area (Å²) in [4.78, 5) is 2.75. The Balaban J connectivity index is 1.79. The highest BCUT2D eigenvalue weighted by Gasteiger charge is 2.29. The summed E-state index contributed by atoms with van der Waals surface area (Å²) in [6, 6.07) is 1.39. The normalized spacial score (nSPS) is 33.8. The molecular formula is C16H32N2O. The molecule has 2 saturated heterocycles. The number of piperidine rings is 1. The highest BCUT2D eigenvalue weighted by atomic mass is 16.5. The molecule has 0 aromatic rings. The smallest absolute Gasteiger partial charge is 0.0587 e. The molecule has 2 aliphatic rings. The molecule has 3 nitrogen and oxygen atoms in total. The van der Waals surface area contributed by atoms with E-state index in [1.54, 1.807) is 0 Å². The number of likely N-dealkylation sites (tertiary alicyclic amines) is 1. The average molecular weight is 268 g/mol. The van der Waals surface area contributed by atoms with Gasteiger partial charge in [-0.05, 0) is 51.1 Å². The Morgan fingerprint density at radius 2 is 2.16 bits per heavy atom. The highest BCUT2D eigenvalue weighted by Crippen LogP contribution is 2.26. The van der Waals surface area contributed by atoms with Crippen molar-refractivity contribution in [2.24, 2.45) is 5.92 Å². The van der Waals surface area contributed by atoms with Crippen LogP contribution < -0.4 is 5.32 Å². The van der Waals surface area contributed by atoms with Crippen molar-refractivity contribution in [2.45, 2.75) is 71.1 Å². The molecule has 0 aromatic heterocycles.